The van der Waals surface area contributed by atoms with E-state index in [2.05, 4.69) is 18.8 Å². The summed E-state index contributed by atoms with van der Waals surface area (Å²) >= 11 is 1.53. The smallest absolute Gasteiger partial charge is 0.190 e. The number of nitrogens with zero attached hydrogens (tertiary/aromatic N) is 2. The van der Waals surface area contributed by atoms with Crippen LogP contribution < -0.4 is 9.64 Å². The fourth-order valence-electron chi connectivity index (χ4n) is 1.97. The van der Waals surface area contributed by atoms with E-state index in [9.17, 15) is 5.11 Å². The number of benzene rings is 1. The molecule has 1 aromatic heterocycles. The Morgan fingerprint density at radius 1 is 1.30 bits per heavy atom. The van der Waals surface area contributed by atoms with Crippen molar-refractivity contribution in [3.8, 4) is 5.75 Å². The first kappa shape index (κ1) is 14.8. The molecule has 108 valence electrons. The average Bonchev–Trinajstić information content (AvgIpc) is 2.91. The van der Waals surface area contributed by atoms with Gasteiger partial charge in [-0.1, -0.05) is 25.2 Å². The molecule has 0 spiro atoms. The minimum absolute atomic E-state index is 0.0433. The number of rotatable bonds is 5. The van der Waals surface area contributed by atoms with Crippen molar-refractivity contribution in [2.45, 2.75) is 26.4 Å². The maximum Gasteiger partial charge on any atom is 0.190 e. The number of anilines is 2. The van der Waals surface area contributed by atoms with E-state index in [0.29, 0.717) is 5.92 Å². The molecular formula is C15H20N2O2S. The number of hydrogen-bond acceptors (Lipinski definition) is 5. The van der Waals surface area contributed by atoms with Gasteiger partial charge in [0.25, 0.3) is 0 Å². The van der Waals surface area contributed by atoms with Crippen LogP contribution in [0.15, 0.2) is 24.3 Å². The summed E-state index contributed by atoms with van der Waals surface area (Å²) < 4.78 is 5.16. The molecule has 4 nitrogen and oxygen atoms in total. The summed E-state index contributed by atoms with van der Waals surface area (Å²) in [5, 5.41) is 10.3. The number of thiazole rings is 1. The lowest BCUT2D eigenvalue weighted by atomic mass is 10.1. The molecule has 2 aromatic rings. The monoisotopic (exact) mass is 292 g/mol. The summed E-state index contributed by atoms with van der Waals surface area (Å²) in [6.45, 7) is 4.22. The first-order chi connectivity index (χ1) is 9.56. The van der Waals surface area contributed by atoms with Crippen LogP contribution in [0.3, 0.4) is 0 Å². The lowest BCUT2D eigenvalue weighted by molar-refractivity contribution is 0.283. The van der Waals surface area contributed by atoms with Gasteiger partial charge in [-0.05, 0) is 30.2 Å². The Bertz CT molecular complexity index is 564. The predicted octanol–water partition coefficient (Wildman–Crippen LogP) is 3.54. The minimum Gasteiger partial charge on any atom is -0.497 e. The van der Waals surface area contributed by atoms with Crippen molar-refractivity contribution in [3.63, 3.8) is 0 Å². The highest BCUT2D eigenvalue weighted by Gasteiger charge is 2.16. The van der Waals surface area contributed by atoms with Crippen LogP contribution >= 0.6 is 11.3 Å². The maximum atomic E-state index is 9.44. The van der Waals surface area contributed by atoms with Gasteiger partial charge in [-0.15, -0.1) is 0 Å². The molecule has 0 saturated heterocycles. The zero-order valence-electron chi connectivity index (χ0n) is 12.3. The van der Waals surface area contributed by atoms with Gasteiger partial charge in [0, 0.05) is 12.7 Å². The Morgan fingerprint density at radius 2 is 1.95 bits per heavy atom. The topological polar surface area (TPSA) is 45.6 Å². The Balaban J connectivity index is 2.29. The Hall–Kier alpha value is -1.59. The van der Waals surface area contributed by atoms with Gasteiger partial charge in [-0.25, -0.2) is 4.98 Å². The average molecular weight is 292 g/mol. The van der Waals surface area contributed by atoms with Crippen LogP contribution in [-0.4, -0.2) is 24.2 Å². The minimum atomic E-state index is 0.0433. The van der Waals surface area contributed by atoms with Gasteiger partial charge >= 0.3 is 0 Å². The van der Waals surface area contributed by atoms with Crippen LogP contribution in [0.1, 0.15) is 30.3 Å². The van der Waals surface area contributed by atoms with Gasteiger partial charge < -0.3 is 14.7 Å². The zero-order chi connectivity index (χ0) is 14.7. The van der Waals surface area contributed by atoms with Gasteiger partial charge in [0.1, 0.15) is 5.75 Å². The molecule has 2 rings (SSSR count). The summed E-state index contributed by atoms with van der Waals surface area (Å²) in [7, 11) is 3.63. The van der Waals surface area contributed by atoms with Gasteiger partial charge in [0.2, 0.25) is 0 Å². The van der Waals surface area contributed by atoms with Crippen LogP contribution in [0.2, 0.25) is 0 Å². The van der Waals surface area contributed by atoms with Crippen LogP contribution in [0.4, 0.5) is 10.8 Å². The molecule has 0 radical (unpaired) electrons. The van der Waals surface area contributed by atoms with Crippen molar-refractivity contribution in [1.29, 1.82) is 0 Å². The van der Waals surface area contributed by atoms with Crippen molar-refractivity contribution < 1.29 is 9.84 Å². The normalized spacial score (nSPS) is 10.9. The van der Waals surface area contributed by atoms with Gasteiger partial charge in [0.05, 0.1) is 24.3 Å². The Morgan fingerprint density at radius 3 is 2.40 bits per heavy atom. The molecule has 0 atom stereocenters. The van der Waals surface area contributed by atoms with Crippen molar-refractivity contribution in [2.24, 2.45) is 0 Å². The van der Waals surface area contributed by atoms with E-state index in [-0.39, 0.29) is 6.61 Å². The Kier molecular flexibility index (Phi) is 4.62. The molecule has 0 bridgehead atoms. The third kappa shape index (κ3) is 2.94. The number of hydrogen-bond donors (Lipinski definition) is 1. The van der Waals surface area contributed by atoms with E-state index in [4.69, 9.17) is 4.74 Å². The molecule has 0 amide bonds. The molecule has 1 N–H and O–H groups in total. The van der Waals surface area contributed by atoms with Gasteiger partial charge in [-0.3, -0.25) is 0 Å². The largest absolute Gasteiger partial charge is 0.497 e. The zero-order valence-corrected chi connectivity index (χ0v) is 13.1. The molecule has 1 heterocycles. The molecule has 0 aliphatic heterocycles. The van der Waals surface area contributed by atoms with E-state index in [1.54, 1.807) is 7.11 Å². The second kappa shape index (κ2) is 6.24. The number of aromatic nitrogens is 1. The van der Waals surface area contributed by atoms with Gasteiger partial charge in [-0.2, -0.15) is 0 Å². The third-order valence-corrected chi connectivity index (χ3v) is 4.29. The fourth-order valence-corrected chi connectivity index (χ4v) is 3.03. The molecule has 1 aromatic carbocycles. The number of methoxy groups -OCH3 is 1. The van der Waals surface area contributed by atoms with E-state index in [0.717, 1.165) is 27.1 Å². The first-order valence-electron chi connectivity index (χ1n) is 6.55. The second-order valence-electron chi connectivity index (χ2n) is 4.87. The highest BCUT2D eigenvalue weighted by molar-refractivity contribution is 7.15. The van der Waals surface area contributed by atoms with Crippen molar-refractivity contribution in [3.05, 3.63) is 34.8 Å². The molecule has 0 unspecified atom stereocenters. The molecule has 0 fully saturated rings. The number of ether oxygens (including phenoxy) is 1. The molecule has 0 aliphatic carbocycles. The van der Waals surface area contributed by atoms with Crippen molar-refractivity contribution in [2.75, 3.05) is 19.1 Å². The molecular weight excluding hydrogens is 272 g/mol. The first-order valence-corrected chi connectivity index (χ1v) is 7.36. The summed E-state index contributed by atoms with van der Waals surface area (Å²) in [6, 6.07) is 7.84. The number of aliphatic hydroxyl groups is 1. The Labute approximate surface area is 123 Å². The maximum absolute atomic E-state index is 9.44. The van der Waals surface area contributed by atoms with E-state index in [1.807, 2.05) is 36.2 Å². The quantitative estimate of drug-likeness (QED) is 0.915. The lowest BCUT2D eigenvalue weighted by Crippen LogP contribution is -2.09. The van der Waals surface area contributed by atoms with Crippen LogP contribution in [0.25, 0.3) is 0 Å². The van der Waals surface area contributed by atoms with Gasteiger partial charge in [0.15, 0.2) is 5.13 Å². The van der Waals surface area contributed by atoms with E-state index in [1.165, 1.54) is 11.3 Å². The van der Waals surface area contributed by atoms with E-state index >= 15 is 0 Å². The van der Waals surface area contributed by atoms with Crippen LogP contribution in [-0.2, 0) is 6.61 Å². The highest BCUT2D eigenvalue weighted by atomic mass is 32.1. The predicted molar refractivity (Wildman–Crippen MR) is 83.2 cm³/mol. The fraction of sp³-hybridized carbons (Fsp3) is 0.400. The molecule has 5 heteroatoms. The van der Waals surface area contributed by atoms with Crippen molar-refractivity contribution >= 4 is 22.2 Å². The lowest BCUT2D eigenvalue weighted by Gasteiger charge is -2.16. The molecule has 0 saturated carbocycles. The summed E-state index contributed by atoms with van der Waals surface area (Å²) in [4.78, 5) is 7.62. The van der Waals surface area contributed by atoms with E-state index < -0.39 is 0 Å². The standard InChI is InChI=1S/C15H20N2O2S/c1-10(2)14-13(9-18)20-15(16-14)17(3)11-5-7-12(19-4)8-6-11/h5-8,10,18H,9H2,1-4H3. The third-order valence-electron chi connectivity index (χ3n) is 3.15. The summed E-state index contributed by atoms with van der Waals surface area (Å²) in [5.74, 6) is 1.15. The summed E-state index contributed by atoms with van der Waals surface area (Å²) in [5.41, 5.74) is 2.02. The van der Waals surface area contributed by atoms with Crippen LogP contribution in [0, 0.1) is 0 Å². The van der Waals surface area contributed by atoms with Crippen LogP contribution in [0.5, 0.6) is 5.75 Å². The highest BCUT2D eigenvalue weighted by Crippen LogP contribution is 2.34. The molecule has 20 heavy (non-hydrogen) atoms. The SMILES string of the molecule is COc1ccc(N(C)c2nc(C(C)C)c(CO)s2)cc1. The second-order valence-corrected chi connectivity index (χ2v) is 5.94. The summed E-state index contributed by atoms with van der Waals surface area (Å²) in [6.07, 6.45) is 0. The molecule has 0 aliphatic rings. The van der Waals surface area contributed by atoms with Crippen molar-refractivity contribution in [1.82, 2.24) is 4.98 Å². The number of aliphatic hydroxyl groups excluding tert-OH is 1.